The van der Waals surface area contributed by atoms with Crippen molar-refractivity contribution in [3.05, 3.63) is 24.7 Å². The first-order valence-corrected chi connectivity index (χ1v) is 3.35. The lowest BCUT2D eigenvalue weighted by molar-refractivity contribution is 0.429. The lowest BCUT2D eigenvalue weighted by Crippen LogP contribution is -1.87. The Morgan fingerprint density at radius 1 is 1.25 bits per heavy atom. The average Bonchev–Trinajstić information content (AvgIpc) is 2.58. The number of rotatable bonds is 1. The van der Waals surface area contributed by atoms with E-state index in [2.05, 4.69) is 15.1 Å². The summed E-state index contributed by atoms with van der Waals surface area (Å²) in [6.07, 6.45) is 2.87. The first-order valence-electron chi connectivity index (χ1n) is 3.35. The second-order valence-corrected chi connectivity index (χ2v) is 2.22. The molecule has 5 heteroatoms. The predicted molar refractivity (Wildman–Crippen MR) is 41.9 cm³/mol. The van der Waals surface area contributed by atoms with E-state index in [0.29, 0.717) is 17.3 Å². The van der Waals surface area contributed by atoms with Gasteiger partial charge >= 0.3 is 0 Å². The van der Waals surface area contributed by atoms with Gasteiger partial charge in [-0.3, -0.25) is 0 Å². The van der Waals surface area contributed by atoms with E-state index >= 15 is 0 Å². The highest BCUT2D eigenvalue weighted by molar-refractivity contribution is 5.49. The lowest BCUT2D eigenvalue weighted by Gasteiger charge is -1.92. The van der Waals surface area contributed by atoms with E-state index in [9.17, 15) is 0 Å². The van der Waals surface area contributed by atoms with Crippen molar-refractivity contribution >= 4 is 5.69 Å². The van der Waals surface area contributed by atoms with Crippen molar-refractivity contribution in [2.45, 2.75) is 0 Å². The van der Waals surface area contributed by atoms with Crippen LogP contribution in [0.2, 0.25) is 0 Å². The third kappa shape index (κ3) is 1.12. The van der Waals surface area contributed by atoms with E-state index in [0.717, 1.165) is 0 Å². The Hall–Kier alpha value is -1.91. The van der Waals surface area contributed by atoms with E-state index in [1.807, 2.05) is 0 Å². The summed E-state index contributed by atoms with van der Waals surface area (Å²) < 4.78 is 4.79. The minimum absolute atomic E-state index is 0.398. The number of nitrogens with two attached hydrogens (primary N) is 1. The van der Waals surface area contributed by atoms with Crippen molar-refractivity contribution in [3.8, 4) is 11.6 Å². The van der Waals surface area contributed by atoms with Crippen molar-refractivity contribution in [1.29, 1.82) is 0 Å². The maximum Gasteiger partial charge on any atom is 0.276 e. The van der Waals surface area contributed by atoms with Crippen molar-refractivity contribution < 1.29 is 4.52 Å². The van der Waals surface area contributed by atoms with E-state index in [4.69, 9.17) is 10.3 Å². The Bertz CT molecular complexity index is 353. The standard InChI is InChI=1S/C7H6N4O/c8-5-1-2-6(9-3-5)7-10-4-11-12-7/h1-4H,8H2. The van der Waals surface area contributed by atoms with Crippen molar-refractivity contribution in [1.82, 2.24) is 15.1 Å². The molecule has 2 aromatic rings. The van der Waals surface area contributed by atoms with Gasteiger partial charge in [-0.15, -0.1) is 0 Å². The molecule has 0 amide bonds. The zero-order valence-electron chi connectivity index (χ0n) is 6.14. The SMILES string of the molecule is Nc1ccc(-c2ncno2)nc1. The number of aromatic nitrogens is 3. The summed E-state index contributed by atoms with van der Waals surface area (Å²) in [5.74, 6) is 0.398. The summed E-state index contributed by atoms with van der Waals surface area (Å²) in [5.41, 5.74) is 6.69. The fraction of sp³-hybridized carbons (Fsp3) is 0. The van der Waals surface area contributed by atoms with Gasteiger partial charge in [-0.1, -0.05) is 5.16 Å². The van der Waals surface area contributed by atoms with Gasteiger partial charge in [-0.25, -0.2) is 4.98 Å². The molecule has 0 saturated heterocycles. The predicted octanol–water partition coefficient (Wildman–Crippen LogP) is 0.714. The van der Waals surface area contributed by atoms with Crippen LogP contribution in [-0.4, -0.2) is 15.1 Å². The van der Waals surface area contributed by atoms with Gasteiger partial charge in [0.15, 0.2) is 6.33 Å². The van der Waals surface area contributed by atoms with Crippen LogP contribution in [0.3, 0.4) is 0 Å². The Balaban J connectivity index is 2.43. The van der Waals surface area contributed by atoms with Crippen LogP contribution in [0.4, 0.5) is 5.69 Å². The normalized spacial score (nSPS) is 10.0. The number of anilines is 1. The summed E-state index contributed by atoms with van der Waals surface area (Å²) in [6.45, 7) is 0. The van der Waals surface area contributed by atoms with Crippen LogP contribution in [0.1, 0.15) is 0 Å². The molecule has 0 fully saturated rings. The smallest absolute Gasteiger partial charge is 0.276 e. The molecule has 0 spiro atoms. The van der Waals surface area contributed by atoms with Gasteiger partial charge in [0.25, 0.3) is 5.89 Å². The lowest BCUT2D eigenvalue weighted by atomic mass is 10.3. The zero-order chi connectivity index (χ0) is 8.39. The maximum atomic E-state index is 5.45. The summed E-state index contributed by atoms with van der Waals surface area (Å²) in [7, 11) is 0. The van der Waals surface area contributed by atoms with Crippen LogP contribution in [-0.2, 0) is 0 Å². The first kappa shape index (κ1) is 6.78. The molecule has 0 aromatic carbocycles. The number of hydrogen-bond donors (Lipinski definition) is 1. The highest BCUT2D eigenvalue weighted by atomic mass is 16.5. The average molecular weight is 162 g/mol. The van der Waals surface area contributed by atoms with E-state index in [1.165, 1.54) is 6.33 Å². The quantitative estimate of drug-likeness (QED) is 0.668. The molecule has 0 aliphatic rings. The number of nitrogen functional groups attached to an aromatic ring is 1. The molecular weight excluding hydrogens is 156 g/mol. The molecule has 2 aromatic heterocycles. The number of nitrogens with zero attached hydrogens (tertiary/aromatic N) is 3. The molecular formula is C7H6N4O. The summed E-state index contributed by atoms with van der Waals surface area (Å²) in [6, 6.07) is 3.45. The van der Waals surface area contributed by atoms with E-state index in [1.54, 1.807) is 18.3 Å². The third-order valence-electron chi connectivity index (χ3n) is 1.37. The van der Waals surface area contributed by atoms with Gasteiger partial charge in [0.2, 0.25) is 0 Å². The Morgan fingerprint density at radius 2 is 2.17 bits per heavy atom. The molecule has 2 heterocycles. The Morgan fingerprint density at radius 3 is 2.75 bits per heavy atom. The van der Waals surface area contributed by atoms with E-state index in [-0.39, 0.29) is 0 Å². The van der Waals surface area contributed by atoms with Crippen LogP contribution in [0.5, 0.6) is 0 Å². The van der Waals surface area contributed by atoms with Crippen LogP contribution < -0.4 is 5.73 Å². The van der Waals surface area contributed by atoms with Gasteiger partial charge in [-0.2, -0.15) is 4.98 Å². The first-order chi connectivity index (χ1) is 5.86. The minimum atomic E-state index is 0.398. The molecule has 5 nitrogen and oxygen atoms in total. The Kier molecular flexibility index (Phi) is 1.48. The van der Waals surface area contributed by atoms with Gasteiger partial charge < -0.3 is 10.3 Å². The largest absolute Gasteiger partial charge is 0.397 e. The third-order valence-corrected chi connectivity index (χ3v) is 1.37. The van der Waals surface area contributed by atoms with Crippen molar-refractivity contribution in [3.63, 3.8) is 0 Å². The molecule has 60 valence electrons. The highest BCUT2D eigenvalue weighted by Crippen LogP contribution is 2.12. The maximum absolute atomic E-state index is 5.45. The topological polar surface area (TPSA) is 77.8 Å². The molecule has 2 rings (SSSR count). The molecule has 0 bridgehead atoms. The van der Waals surface area contributed by atoms with Gasteiger partial charge in [0.1, 0.15) is 5.69 Å². The summed E-state index contributed by atoms with van der Waals surface area (Å²) in [4.78, 5) is 7.83. The molecule has 12 heavy (non-hydrogen) atoms. The highest BCUT2D eigenvalue weighted by Gasteiger charge is 2.03. The second-order valence-electron chi connectivity index (χ2n) is 2.22. The van der Waals surface area contributed by atoms with Gasteiger partial charge in [-0.05, 0) is 12.1 Å². The molecule has 0 saturated carbocycles. The molecule has 2 N–H and O–H groups in total. The zero-order valence-corrected chi connectivity index (χ0v) is 6.14. The fourth-order valence-electron chi connectivity index (χ4n) is 0.818. The summed E-state index contributed by atoms with van der Waals surface area (Å²) in [5, 5.41) is 3.46. The van der Waals surface area contributed by atoms with E-state index < -0.39 is 0 Å². The number of pyridine rings is 1. The van der Waals surface area contributed by atoms with Crippen molar-refractivity contribution in [2.75, 3.05) is 5.73 Å². The van der Waals surface area contributed by atoms with Crippen molar-refractivity contribution in [2.24, 2.45) is 0 Å². The number of hydrogen-bond acceptors (Lipinski definition) is 5. The van der Waals surface area contributed by atoms with Crippen LogP contribution in [0, 0.1) is 0 Å². The molecule has 0 aliphatic heterocycles. The van der Waals surface area contributed by atoms with Crippen LogP contribution >= 0.6 is 0 Å². The van der Waals surface area contributed by atoms with Crippen LogP contribution in [0.15, 0.2) is 29.2 Å². The molecule has 0 radical (unpaired) electrons. The summed E-state index contributed by atoms with van der Waals surface area (Å²) >= 11 is 0. The monoisotopic (exact) mass is 162 g/mol. The van der Waals surface area contributed by atoms with Crippen LogP contribution in [0.25, 0.3) is 11.6 Å². The molecule has 0 unspecified atom stereocenters. The Labute approximate surface area is 68.2 Å². The fourth-order valence-corrected chi connectivity index (χ4v) is 0.818. The van der Waals surface area contributed by atoms with Gasteiger partial charge in [0, 0.05) is 0 Å². The molecule has 0 aliphatic carbocycles. The van der Waals surface area contributed by atoms with Gasteiger partial charge in [0.05, 0.1) is 11.9 Å². The minimum Gasteiger partial charge on any atom is -0.397 e. The molecule has 0 atom stereocenters. The second kappa shape index (κ2) is 2.61.